The fraction of sp³-hybridized carbons (Fsp3) is 1.00. The Morgan fingerprint density at radius 3 is 2.67 bits per heavy atom. The van der Waals surface area contributed by atoms with Crippen molar-refractivity contribution in [1.82, 2.24) is 10.2 Å². The highest BCUT2D eigenvalue weighted by Crippen LogP contribution is 2.17. The zero-order valence-electron chi connectivity index (χ0n) is 12.9. The second kappa shape index (κ2) is 8.13. The molecule has 0 saturated carbocycles. The molecule has 1 heterocycles. The van der Waals surface area contributed by atoms with E-state index in [4.69, 9.17) is 4.74 Å². The van der Waals surface area contributed by atoms with Crippen molar-refractivity contribution in [2.24, 2.45) is 5.92 Å². The van der Waals surface area contributed by atoms with Crippen molar-refractivity contribution in [1.29, 1.82) is 0 Å². The Morgan fingerprint density at radius 2 is 2.06 bits per heavy atom. The van der Waals surface area contributed by atoms with Gasteiger partial charge in [-0.15, -0.1) is 0 Å². The van der Waals surface area contributed by atoms with Gasteiger partial charge in [0.1, 0.15) is 0 Å². The standard InChI is InChI=1S/C15H32N2O/c1-6-15-11-18-14(5)10-17(15)13(4)9-16-8-7-12(2)3/h12-16H,6-11H2,1-5H3. The Morgan fingerprint density at radius 1 is 1.33 bits per heavy atom. The maximum atomic E-state index is 5.76. The summed E-state index contributed by atoms with van der Waals surface area (Å²) < 4.78 is 5.76. The van der Waals surface area contributed by atoms with E-state index in [9.17, 15) is 0 Å². The van der Waals surface area contributed by atoms with Gasteiger partial charge < -0.3 is 10.1 Å². The summed E-state index contributed by atoms with van der Waals surface area (Å²) in [6.07, 6.45) is 2.83. The average molecular weight is 256 g/mol. The molecule has 1 aliphatic heterocycles. The smallest absolute Gasteiger partial charge is 0.0674 e. The van der Waals surface area contributed by atoms with Crippen molar-refractivity contribution in [3.8, 4) is 0 Å². The Hall–Kier alpha value is -0.120. The lowest BCUT2D eigenvalue weighted by Gasteiger charge is -2.42. The molecular weight excluding hydrogens is 224 g/mol. The first kappa shape index (κ1) is 15.9. The fourth-order valence-electron chi connectivity index (χ4n) is 2.58. The van der Waals surface area contributed by atoms with Crippen LogP contribution in [0.3, 0.4) is 0 Å². The summed E-state index contributed by atoms with van der Waals surface area (Å²) in [5.41, 5.74) is 0. The quantitative estimate of drug-likeness (QED) is 0.708. The van der Waals surface area contributed by atoms with Gasteiger partial charge in [-0.1, -0.05) is 20.8 Å². The first-order chi connectivity index (χ1) is 8.54. The van der Waals surface area contributed by atoms with Crippen molar-refractivity contribution in [2.45, 2.75) is 65.6 Å². The lowest BCUT2D eigenvalue weighted by Crippen LogP contribution is -2.54. The van der Waals surface area contributed by atoms with E-state index < -0.39 is 0 Å². The maximum absolute atomic E-state index is 5.76. The zero-order valence-corrected chi connectivity index (χ0v) is 12.9. The van der Waals surface area contributed by atoms with E-state index in [2.05, 4.69) is 44.8 Å². The monoisotopic (exact) mass is 256 g/mol. The molecule has 1 saturated heterocycles. The van der Waals surface area contributed by atoms with Crippen molar-refractivity contribution in [2.75, 3.05) is 26.2 Å². The van der Waals surface area contributed by atoms with Gasteiger partial charge in [-0.2, -0.15) is 0 Å². The summed E-state index contributed by atoms with van der Waals surface area (Å²) in [7, 11) is 0. The molecule has 1 rings (SSSR count). The summed E-state index contributed by atoms with van der Waals surface area (Å²) in [4.78, 5) is 2.62. The summed E-state index contributed by atoms with van der Waals surface area (Å²) in [5.74, 6) is 0.791. The largest absolute Gasteiger partial charge is 0.376 e. The average Bonchev–Trinajstić information content (AvgIpc) is 2.34. The van der Waals surface area contributed by atoms with Crippen LogP contribution in [0.25, 0.3) is 0 Å². The van der Waals surface area contributed by atoms with Crippen molar-refractivity contribution in [3.05, 3.63) is 0 Å². The van der Waals surface area contributed by atoms with E-state index in [0.29, 0.717) is 18.2 Å². The van der Waals surface area contributed by atoms with Crippen LogP contribution in [0.1, 0.15) is 47.5 Å². The van der Waals surface area contributed by atoms with E-state index in [0.717, 1.165) is 32.2 Å². The van der Waals surface area contributed by atoms with Gasteiger partial charge in [0.05, 0.1) is 12.7 Å². The van der Waals surface area contributed by atoms with E-state index in [-0.39, 0.29) is 0 Å². The van der Waals surface area contributed by atoms with E-state index in [1.807, 2.05) is 0 Å². The molecule has 3 heteroatoms. The van der Waals surface area contributed by atoms with Crippen LogP contribution in [0.4, 0.5) is 0 Å². The van der Waals surface area contributed by atoms with Crippen molar-refractivity contribution in [3.63, 3.8) is 0 Å². The van der Waals surface area contributed by atoms with Gasteiger partial charge in [-0.3, -0.25) is 4.90 Å². The topological polar surface area (TPSA) is 24.5 Å². The number of morpholine rings is 1. The molecular formula is C15H32N2O. The number of ether oxygens (including phenoxy) is 1. The van der Waals surface area contributed by atoms with Gasteiger partial charge in [0.2, 0.25) is 0 Å². The normalized spacial score (nSPS) is 27.7. The Balaban J connectivity index is 2.31. The number of nitrogens with zero attached hydrogens (tertiary/aromatic N) is 1. The van der Waals surface area contributed by atoms with Crippen LogP contribution >= 0.6 is 0 Å². The van der Waals surface area contributed by atoms with E-state index in [1.165, 1.54) is 12.8 Å². The number of hydrogen-bond acceptors (Lipinski definition) is 3. The van der Waals surface area contributed by atoms with Gasteiger partial charge in [0.25, 0.3) is 0 Å². The van der Waals surface area contributed by atoms with Crippen LogP contribution in [0.5, 0.6) is 0 Å². The summed E-state index contributed by atoms with van der Waals surface area (Å²) >= 11 is 0. The summed E-state index contributed by atoms with van der Waals surface area (Å²) in [5, 5.41) is 3.59. The minimum atomic E-state index is 0.380. The maximum Gasteiger partial charge on any atom is 0.0674 e. The molecule has 108 valence electrons. The van der Waals surface area contributed by atoms with E-state index >= 15 is 0 Å². The van der Waals surface area contributed by atoms with Crippen LogP contribution in [0, 0.1) is 5.92 Å². The molecule has 3 atom stereocenters. The fourth-order valence-corrected chi connectivity index (χ4v) is 2.58. The molecule has 3 nitrogen and oxygen atoms in total. The van der Waals surface area contributed by atoms with Gasteiger partial charge in [0.15, 0.2) is 0 Å². The molecule has 0 spiro atoms. The second-order valence-corrected chi connectivity index (χ2v) is 6.14. The lowest BCUT2D eigenvalue weighted by atomic mass is 10.1. The molecule has 1 N–H and O–H groups in total. The molecule has 1 fully saturated rings. The predicted molar refractivity (Wildman–Crippen MR) is 78.0 cm³/mol. The Bertz CT molecular complexity index is 221. The summed E-state index contributed by atoms with van der Waals surface area (Å²) in [6, 6.07) is 1.21. The van der Waals surface area contributed by atoms with Gasteiger partial charge in [-0.05, 0) is 39.2 Å². The molecule has 0 amide bonds. The minimum absolute atomic E-state index is 0.380. The Kier molecular flexibility index (Phi) is 7.20. The lowest BCUT2D eigenvalue weighted by molar-refractivity contribution is -0.0694. The SMILES string of the molecule is CCC1COC(C)CN1C(C)CNCCC(C)C. The molecule has 0 aromatic rings. The third kappa shape index (κ3) is 5.25. The van der Waals surface area contributed by atoms with Crippen LogP contribution in [0.2, 0.25) is 0 Å². The highest BCUT2D eigenvalue weighted by atomic mass is 16.5. The number of rotatable bonds is 7. The van der Waals surface area contributed by atoms with Crippen molar-refractivity contribution >= 4 is 0 Å². The molecule has 1 aliphatic rings. The van der Waals surface area contributed by atoms with Crippen LogP contribution < -0.4 is 5.32 Å². The molecule has 0 radical (unpaired) electrons. The van der Waals surface area contributed by atoms with E-state index in [1.54, 1.807) is 0 Å². The third-order valence-electron chi connectivity index (χ3n) is 3.89. The predicted octanol–water partition coefficient (Wildman–Crippen LogP) is 2.51. The van der Waals surface area contributed by atoms with Crippen molar-refractivity contribution < 1.29 is 4.74 Å². The third-order valence-corrected chi connectivity index (χ3v) is 3.89. The molecule has 0 aromatic heterocycles. The first-order valence-corrected chi connectivity index (χ1v) is 7.62. The molecule has 0 aromatic carbocycles. The highest BCUT2D eigenvalue weighted by Gasteiger charge is 2.28. The first-order valence-electron chi connectivity index (χ1n) is 7.62. The van der Waals surface area contributed by atoms with Gasteiger partial charge >= 0.3 is 0 Å². The molecule has 0 bridgehead atoms. The number of nitrogens with one attached hydrogen (secondary N) is 1. The van der Waals surface area contributed by atoms with Gasteiger partial charge in [0, 0.05) is 25.2 Å². The summed E-state index contributed by atoms with van der Waals surface area (Å²) in [6.45, 7) is 15.5. The molecule has 0 aliphatic carbocycles. The minimum Gasteiger partial charge on any atom is -0.376 e. The van der Waals surface area contributed by atoms with Gasteiger partial charge in [-0.25, -0.2) is 0 Å². The molecule has 3 unspecified atom stereocenters. The number of hydrogen-bond donors (Lipinski definition) is 1. The van der Waals surface area contributed by atoms with Crippen LogP contribution in [-0.2, 0) is 4.74 Å². The Labute approximate surface area is 113 Å². The second-order valence-electron chi connectivity index (χ2n) is 6.14. The van der Waals surface area contributed by atoms with Crippen LogP contribution in [0.15, 0.2) is 0 Å². The van der Waals surface area contributed by atoms with Crippen LogP contribution in [-0.4, -0.2) is 49.3 Å². The highest BCUT2D eigenvalue weighted by molar-refractivity contribution is 4.82. The zero-order chi connectivity index (χ0) is 13.5. The molecule has 18 heavy (non-hydrogen) atoms.